The van der Waals surface area contributed by atoms with Crippen molar-refractivity contribution in [3.05, 3.63) is 35.5 Å². The molecule has 0 radical (unpaired) electrons. The molecule has 0 unspecified atom stereocenters. The molecule has 1 aromatic carbocycles. The smallest absolute Gasteiger partial charge is 0.244 e. The van der Waals surface area contributed by atoms with Crippen LogP contribution in [0.4, 0.5) is 4.39 Å². The van der Waals surface area contributed by atoms with E-state index in [1.54, 1.807) is 19.1 Å². The van der Waals surface area contributed by atoms with Crippen LogP contribution in [0.15, 0.2) is 22.7 Å². The first kappa shape index (κ1) is 11.3. The molecule has 18 heavy (non-hydrogen) atoms. The lowest BCUT2D eigenvalue weighted by atomic mass is 10.1. The van der Waals surface area contributed by atoms with Crippen LogP contribution in [0.3, 0.4) is 0 Å². The van der Waals surface area contributed by atoms with Crippen LogP contribution in [0.5, 0.6) is 0 Å². The van der Waals surface area contributed by atoms with Gasteiger partial charge in [-0.2, -0.15) is 4.98 Å². The lowest BCUT2D eigenvalue weighted by Gasteiger charge is -2.01. The van der Waals surface area contributed by atoms with E-state index in [9.17, 15) is 4.39 Å². The van der Waals surface area contributed by atoms with E-state index in [0.29, 0.717) is 22.8 Å². The van der Waals surface area contributed by atoms with Crippen molar-refractivity contribution in [3.63, 3.8) is 0 Å². The lowest BCUT2D eigenvalue weighted by Crippen LogP contribution is -2.12. The predicted molar refractivity (Wildman–Crippen MR) is 64.4 cm³/mol. The molecular weight excluding hydrogens is 233 g/mol. The number of benzene rings is 1. The van der Waals surface area contributed by atoms with E-state index in [4.69, 9.17) is 4.52 Å². The van der Waals surface area contributed by atoms with Gasteiger partial charge in [0.2, 0.25) is 11.7 Å². The second kappa shape index (κ2) is 4.49. The third kappa shape index (κ3) is 2.01. The zero-order valence-electron chi connectivity index (χ0n) is 10.1. The minimum absolute atomic E-state index is 0.140. The summed E-state index contributed by atoms with van der Waals surface area (Å²) >= 11 is 0. The van der Waals surface area contributed by atoms with E-state index in [-0.39, 0.29) is 11.9 Å². The van der Waals surface area contributed by atoms with Crippen LogP contribution >= 0.6 is 0 Å². The Morgan fingerprint density at radius 1 is 1.44 bits per heavy atom. The number of hydrogen-bond donors (Lipinski definition) is 1. The molecule has 0 aliphatic carbocycles. The summed E-state index contributed by atoms with van der Waals surface area (Å²) in [4.78, 5) is 4.33. The topological polar surface area (TPSA) is 51.0 Å². The Morgan fingerprint density at radius 2 is 2.33 bits per heavy atom. The monoisotopic (exact) mass is 247 g/mol. The fourth-order valence-corrected chi connectivity index (χ4v) is 2.12. The minimum atomic E-state index is -0.252. The molecule has 3 rings (SSSR count). The summed E-state index contributed by atoms with van der Waals surface area (Å²) in [6.45, 7) is 2.70. The van der Waals surface area contributed by atoms with Gasteiger partial charge in [-0.15, -0.1) is 0 Å². The molecule has 1 saturated heterocycles. The average molecular weight is 247 g/mol. The predicted octanol–water partition coefficient (Wildman–Crippen LogP) is 2.61. The van der Waals surface area contributed by atoms with Crippen LogP contribution in [0, 0.1) is 12.7 Å². The molecule has 1 aliphatic heterocycles. The van der Waals surface area contributed by atoms with Gasteiger partial charge in [0.05, 0.1) is 6.04 Å². The number of halogens is 1. The Kier molecular flexibility index (Phi) is 2.83. The first-order valence-corrected chi connectivity index (χ1v) is 6.07. The number of rotatable bonds is 2. The van der Waals surface area contributed by atoms with Crippen LogP contribution in [0.2, 0.25) is 0 Å². The Bertz CT molecular complexity index is 561. The molecule has 2 heterocycles. The van der Waals surface area contributed by atoms with Crippen molar-refractivity contribution < 1.29 is 8.91 Å². The molecule has 4 nitrogen and oxygen atoms in total. The number of aromatic nitrogens is 2. The van der Waals surface area contributed by atoms with Crippen molar-refractivity contribution in [2.24, 2.45) is 0 Å². The molecule has 0 amide bonds. The second-order valence-corrected chi connectivity index (χ2v) is 4.57. The van der Waals surface area contributed by atoms with Gasteiger partial charge >= 0.3 is 0 Å². The van der Waals surface area contributed by atoms with Gasteiger partial charge in [-0.3, -0.25) is 0 Å². The quantitative estimate of drug-likeness (QED) is 0.886. The lowest BCUT2D eigenvalue weighted by molar-refractivity contribution is 0.345. The Labute approximate surface area is 104 Å². The second-order valence-electron chi connectivity index (χ2n) is 4.57. The van der Waals surface area contributed by atoms with Gasteiger partial charge in [-0.05, 0) is 37.9 Å². The van der Waals surface area contributed by atoms with E-state index >= 15 is 0 Å². The molecule has 1 fully saturated rings. The molecule has 5 heteroatoms. The van der Waals surface area contributed by atoms with Crippen LogP contribution in [-0.2, 0) is 0 Å². The fraction of sp³-hybridized carbons (Fsp3) is 0.385. The SMILES string of the molecule is Cc1ccc(-c2noc([C@H]3CCCN3)n2)cc1F. The molecule has 94 valence electrons. The van der Waals surface area contributed by atoms with Crippen LogP contribution in [-0.4, -0.2) is 16.7 Å². The molecule has 2 aromatic rings. The molecule has 1 atom stereocenters. The highest BCUT2D eigenvalue weighted by Crippen LogP contribution is 2.24. The highest BCUT2D eigenvalue weighted by atomic mass is 19.1. The first-order chi connectivity index (χ1) is 8.74. The van der Waals surface area contributed by atoms with Crippen LogP contribution in [0.1, 0.15) is 30.3 Å². The summed E-state index contributed by atoms with van der Waals surface area (Å²) in [5, 5.41) is 7.20. The summed E-state index contributed by atoms with van der Waals surface area (Å²) in [6.07, 6.45) is 2.12. The summed E-state index contributed by atoms with van der Waals surface area (Å²) in [5.41, 5.74) is 1.26. The maximum Gasteiger partial charge on any atom is 0.244 e. The van der Waals surface area contributed by atoms with E-state index in [2.05, 4.69) is 15.5 Å². The highest BCUT2D eigenvalue weighted by molar-refractivity contribution is 5.54. The number of nitrogens with zero attached hydrogens (tertiary/aromatic N) is 2. The van der Waals surface area contributed by atoms with Crippen molar-refractivity contribution in [1.29, 1.82) is 0 Å². The average Bonchev–Trinajstić information content (AvgIpc) is 3.01. The van der Waals surface area contributed by atoms with Gasteiger partial charge < -0.3 is 9.84 Å². The normalized spacial score (nSPS) is 19.3. The largest absolute Gasteiger partial charge is 0.337 e. The van der Waals surface area contributed by atoms with Crippen molar-refractivity contribution >= 4 is 0 Å². The van der Waals surface area contributed by atoms with Gasteiger partial charge in [0, 0.05) is 5.56 Å². The van der Waals surface area contributed by atoms with E-state index in [1.807, 2.05) is 0 Å². The maximum absolute atomic E-state index is 13.5. The standard InChI is InChI=1S/C13H14FN3O/c1-8-4-5-9(7-10(8)14)12-16-13(18-17-12)11-3-2-6-15-11/h4-5,7,11,15H,2-3,6H2,1H3/t11-/m1/s1. The third-order valence-electron chi connectivity index (χ3n) is 3.23. The van der Waals surface area contributed by atoms with Gasteiger partial charge in [-0.1, -0.05) is 17.3 Å². The van der Waals surface area contributed by atoms with Crippen molar-refractivity contribution in [1.82, 2.24) is 15.5 Å². The van der Waals surface area contributed by atoms with Gasteiger partial charge in [0.15, 0.2) is 0 Å². The Hall–Kier alpha value is -1.75. The summed E-state index contributed by atoms with van der Waals surface area (Å²) < 4.78 is 18.7. The van der Waals surface area contributed by atoms with E-state index in [1.165, 1.54) is 6.07 Å². The summed E-state index contributed by atoms with van der Waals surface area (Å²) in [6, 6.07) is 5.09. The van der Waals surface area contributed by atoms with Crippen LogP contribution in [0.25, 0.3) is 11.4 Å². The third-order valence-corrected chi connectivity index (χ3v) is 3.23. The fourth-order valence-electron chi connectivity index (χ4n) is 2.12. The summed E-state index contributed by atoms with van der Waals surface area (Å²) in [5.74, 6) is 0.777. The molecule has 0 saturated carbocycles. The van der Waals surface area contributed by atoms with E-state index < -0.39 is 0 Å². The summed E-state index contributed by atoms with van der Waals surface area (Å²) in [7, 11) is 0. The zero-order chi connectivity index (χ0) is 12.5. The maximum atomic E-state index is 13.5. The van der Waals surface area contributed by atoms with Crippen molar-refractivity contribution in [2.45, 2.75) is 25.8 Å². The Morgan fingerprint density at radius 3 is 3.06 bits per heavy atom. The van der Waals surface area contributed by atoms with Crippen LogP contribution < -0.4 is 5.32 Å². The van der Waals surface area contributed by atoms with E-state index in [0.717, 1.165) is 19.4 Å². The first-order valence-electron chi connectivity index (χ1n) is 6.07. The molecule has 1 aromatic heterocycles. The van der Waals surface area contributed by atoms with Gasteiger partial charge in [0.1, 0.15) is 5.82 Å². The number of aryl methyl sites for hydroxylation is 1. The molecule has 0 bridgehead atoms. The molecular formula is C13H14FN3O. The minimum Gasteiger partial charge on any atom is -0.337 e. The Balaban J connectivity index is 1.89. The molecule has 1 aliphatic rings. The van der Waals surface area contributed by atoms with Crippen molar-refractivity contribution in [2.75, 3.05) is 6.54 Å². The van der Waals surface area contributed by atoms with Crippen molar-refractivity contribution in [3.8, 4) is 11.4 Å². The molecule has 1 N–H and O–H groups in total. The van der Waals surface area contributed by atoms with Gasteiger partial charge in [-0.25, -0.2) is 4.39 Å². The van der Waals surface area contributed by atoms with Gasteiger partial charge in [0.25, 0.3) is 0 Å². The molecule has 0 spiro atoms. The highest BCUT2D eigenvalue weighted by Gasteiger charge is 2.22. The zero-order valence-corrected chi connectivity index (χ0v) is 10.1. The number of hydrogen-bond acceptors (Lipinski definition) is 4. The number of nitrogens with one attached hydrogen (secondary N) is 1.